The van der Waals surface area contributed by atoms with Crippen molar-refractivity contribution < 1.29 is 9.67 Å². The summed E-state index contributed by atoms with van der Waals surface area (Å²) in [6, 6.07) is 4.53. The van der Waals surface area contributed by atoms with Crippen LogP contribution in [0.3, 0.4) is 0 Å². The van der Waals surface area contributed by atoms with Crippen LogP contribution in [0.25, 0.3) is 0 Å². The van der Waals surface area contributed by atoms with Crippen molar-refractivity contribution in [2.45, 2.75) is 40.2 Å². The molecule has 0 aliphatic rings. The van der Waals surface area contributed by atoms with Crippen LogP contribution in [0.4, 0.5) is 0 Å². The van der Waals surface area contributed by atoms with E-state index >= 15 is 0 Å². The number of hydrogen-bond donors (Lipinski definition) is 1. The minimum absolute atomic E-state index is 0.214. The smallest absolute Gasteiger partial charge is 0.181 e. The quantitative estimate of drug-likeness (QED) is 0.729. The maximum absolute atomic E-state index is 9.28. The number of aliphatic hydroxyl groups is 1. The molecule has 0 fully saturated rings. The first-order valence-corrected chi connectivity index (χ1v) is 5.20. The van der Waals surface area contributed by atoms with Gasteiger partial charge in [0, 0.05) is 32.4 Å². The Hall–Kier alpha value is -0.890. The number of aromatic nitrogens is 1. The first kappa shape index (κ1) is 11.2. The van der Waals surface area contributed by atoms with Gasteiger partial charge in [-0.25, -0.2) is 0 Å². The SMILES string of the molecule is CCC(CO)[n+]1c(C)cc(C)cc1C. The average molecular weight is 194 g/mol. The van der Waals surface area contributed by atoms with Gasteiger partial charge in [-0.15, -0.1) is 0 Å². The fraction of sp³-hybridized carbons (Fsp3) is 0.583. The van der Waals surface area contributed by atoms with E-state index in [0.717, 1.165) is 6.42 Å². The van der Waals surface area contributed by atoms with Crippen molar-refractivity contribution >= 4 is 0 Å². The molecule has 14 heavy (non-hydrogen) atoms. The average Bonchev–Trinajstić information content (AvgIpc) is 2.10. The number of rotatable bonds is 3. The Bertz CT molecular complexity index is 293. The molecule has 1 rings (SSSR count). The van der Waals surface area contributed by atoms with Crippen molar-refractivity contribution in [3.05, 3.63) is 29.1 Å². The standard InChI is InChI=1S/C12H20NO/c1-5-12(8-14)13-10(3)6-9(2)7-11(13)4/h6-7,12,14H,5,8H2,1-4H3/q+1. The third-order valence-electron chi connectivity index (χ3n) is 2.68. The van der Waals surface area contributed by atoms with E-state index in [1.807, 2.05) is 0 Å². The van der Waals surface area contributed by atoms with Gasteiger partial charge in [0.05, 0.1) is 0 Å². The maximum atomic E-state index is 9.28. The van der Waals surface area contributed by atoms with Gasteiger partial charge >= 0.3 is 0 Å². The third kappa shape index (κ3) is 2.13. The molecule has 1 unspecified atom stereocenters. The lowest BCUT2D eigenvalue weighted by molar-refractivity contribution is -0.735. The highest BCUT2D eigenvalue weighted by Crippen LogP contribution is 2.08. The summed E-state index contributed by atoms with van der Waals surface area (Å²) in [4.78, 5) is 0. The van der Waals surface area contributed by atoms with Crippen LogP contribution in [-0.4, -0.2) is 11.7 Å². The van der Waals surface area contributed by atoms with Crippen molar-refractivity contribution in [2.24, 2.45) is 0 Å². The Balaban J connectivity index is 3.19. The van der Waals surface area contributed by atoms with Gasteiger partial charge in [-0.3, -0.25) is 0 Å². The van der Waals surface area contributed by atoms with E-state index in [-0.39, 0.29) is 12.6 Å². The van der Waals surface area contributed by atoms with Gasteiger partial charge < -0.3 is 5.11 Å². The number of aliphatic hydroxyl groups excluding tert-OH is 1. The molecule has 0 saturated carbocycles. The molecule has 0 spiro atoms. The van der Waals surface area contributed by atoms with Crippen LogP contribution >= 0.6 is 0 Å². The van der Waals surface area contributed by atoms with Crippen LogP contribution in [-0.2, 0) is 0 Å². The molecule has 0 aliphatic heterocycles. The molecule has 2 nitrogen and oxygen atoms in total. The molecule has 0 bridgehead atoms. The van der Waals surface area contributed by atoms with Crippen molar-refractivity contribution in [2.75, 3.05) is 6.61 Å². The summed E-state index contributed by atoms with van der Waals surface area (Å²) in [5.41, 5.74) is 3.73. The summed E-state index contributed by atoms with van der Waals surface area (Å²) in [6.07, 6.45) is 0.964. The van der Waals surface area contributed by atoms with Crippen LogP contribution in [0.15, 0.2) is 12.1 Å². The van der Waals surface area contributed by atoms with Gasteiger partial charge in [0.1, 0.15) is 6.61 Å². The number of nitrogens with zero attached hydrogens (tertiary/aromatic N) is 1. The Morgan fingerprint density at radius 3 is 2.07 bits per heavy atom. The van der Waals surface area contributed by atoms with Crippen LogP contribution in [0.1, 0.15) is 36.3 Å². The molecule has 1 heterocycles. The highest BCUT2D eigenvalue weighted by atomic mass is 16.3. The summed E-state index contributed by atoms with van der Waals surface area (Å²) in [6.45, 7) is 8.61. The van der Waals surface area contributed by atoms with E-state index in [1.165, 1.54) is 17.0 Å². The fourth-order valence-electron chi connectivity index (χ4n) is 2.09. The first-order chi connectivity index (χ1) is 6.60. The molecular weight excluding hydrogens is 174 g/mol. The number of aryl methyl sites for hydroxylation is 3. The molecule has 2 heteroatoms. The number of pyridine rings is 1. The molecule has 1 atom stereocenters. The van der Waals surface area contributed by atoms with E-state index in [0.29, 0.717) is 0 Å². The third-order valence-corrected chi connectivity index (χ3v) is 2.68. The molecule has 1 aromatic rings. The van der Waals surface area contributed by atoms with Gasteiger partial charge in [0.15, 0.2) is 17.4 Å². The fourth-order valence-corrected chi connectivity index (χ4v) is 2.09. The molecular formula is C12H20NO+. The zero-order valence-corrected chi connectivity index (χ0v) is 9.54. The summed E-state index contributed by atoms with van der Waals surface area (Å²) in [5, 5.41) is 9.28. The zero-order valence-electron chi connectivity index (χ0n) is 9.54. The predicted octanol–water partition coefficient (Wildman–Crippen LogP) is 1.84. The maximum Gasteiger partial charge on any atom is 0.181 e. The van der Waals surface area contributed by atoms with Gasteiger partial charge in [0.2, 0.25) is 0 Å². The molecule has 0 aliphatic carbocycles. The summed E-state index contributed by atoms with van der Waals surface area (Å²) in [5.74, 6) is 0. The molecule has 78 valence electrons. The highest BCUT2D eigenvalue weighted by Gasteiger charge is 2.20. The summed E-state index contributed by atoms with van der Waals surface area (Å²) >= 11 is 0. The molecule has 0 aromatic carbocycles. The van der Waals surface area contributed by atoms with E-state index in [9.17, 15) is 5.11 Å². The van der Waals surface area contributed by atoms with E-state index in [4.69, 9.17) is 0 Å². The largest absolute Gasteiger partial charge is 0.389 e. The monoisotopic (exact) mass is 194 g/mol. The number of hydrogen-bond acceptors (Lipinski definition) is 1. The van der Waals surface area contributed by atoms with Crippen molar-refractivity contribution in [1.29, 1.82) is 0 Å². The van der Waals surface area contributed by atoms with Crippen LogP contribution in [0.2, 0.25) is 0 Å². The topological polar surface area (TPSA) is 24.1 Å². The zero-order chi connectivity index (χ0) is 10.7. The van der Waals surface area contributed by atoms with E-state index in [2.05, 4.69) is 44.4 Å². The van der Waals surface area contributed by atoms with Crippen molar-refractivity contribution in [1.82, 2.24) is 0 Å². The predicted molar refractivity (Wildman–Crippen MR) is 57.3 cm³/mol. The van der Waals surface area contributed by atoms with Gasteiger partial charge in [-0.1, -0.05) is 6.92 Å². The van der Waals surface area contributed by atoms with Gasteiger partial charge in [-0.05, 0) is 12.5 Å². The second-order valence-corrected chi connectivity index (χ2v) is 3.93. The lowest BCUT2D eigenvalue weighted by Gasteiger charge is -2.12. The van der Waals surface area contributed by atoms with Crippen molar-refractivity contribution in [3.8, 4) is 0 Å². The second-order valence-electron chi connectivity index (χ2n) is 3.93. The normalized spacial score (nSPS) is 12.9. The van der Waals surface area contributed by atoms with Gasteiger partial charge in [-0.2, -0.15) is 4.57 Å². The molecule has 0 amide bonds. The lowest BCUT2D eigenvalue weighted by atomic mass is 10.1. The Morgan fingerprint density at radius 1 is 1.21 bits per heavy atom. The highest BCUT2D eigenvalue weighted by molar-refractivity contribution is 5.13. The van der Waals surface area contributed by atoms with E-state index < -0.39 is 0 Å². The Kier molecular flexibility index (Phi) is 3.64. The lowest BCUT2D eigenvalue weighted by Crippen LogP contribution is -2.46. The molecule has 1 aromatic heterocycles. The van der Waals surface area contributed by atoms with Crippen LogP contribution in [0, 0.1) is 20.8 Å². The minimum atomic E-state index is 0.214. The molecule has 0 saturated heterocycles. The minimum Gasteiger partial charge on any atom is -0.389 e. The van der Waals surface area contributed by atoms with Crippen LogP contribution in [0.5, 0.6) is 0 Å². The Morgan fingerprint density at radius 2 is 1.71 bits per heavy atom. The van der Waals surface area contributed by atoms with Crippen LogP contribution < -0.4 is 4.57 Å². The second kappa shape index (κ2) is 4.56. The summed E-state index contributed by atoms with van der Waals surface area (Å²) < 4.78 is 2.22. The first-order valence-electron chi connectivity index (χ1n) is 5.20. The van der Waals surface area contributed by atoms with Crippen molar-refractivity contribution in [3.63, 3.8) is 0 Å². The molecule has 1 N–H and O–H groups in total. The van der Waals surface area contributed by atoms with E-state index in [1.54, 1.807) is 0 Å². The summed E-state index contributed by atoms with van der Waals surface area (Å²) in [7, 11) is 0. The molecule has 0 radical (unpaired) electrons. The Labute approximate surface area is 86.2 Å². The van der Waals surface area contributed by atoms with Gasteiger partial charge in [0.25, 0.3) is 0 Å².